The van der Waals surface area contributed by atoms with Crippen LogP contribution in [0.4, 0.5) is 8.78 Å². The van der Waals surface area contributed by atoms with Crippen molar-refractivity contribution in [3.05, 3.63) is 69.2 Å². The molecule has 0 saturated carbocycles. The van der Waals surface area contributed by atoms with Gasteiger partial charge in [0, 0.05) is 10.0 Å². The molecule has 1 nitrogen and oxygen atoms in total. The summed E-state index contributed by atoms with van der Waals surface area (Å²) in [6.07, 6.45) is 0.920. The maximum atomic E-state index is 14.1. The SMILES string of the molecule is CCCNC(c1ccc(Br)c(C)c1)c1cccc(F)c1F. The van der Waals surface area contributed by atoms with Crippen LogP contribution in [0, 0.1) is 18.6 Å². The molecule has 21 heavy (non-hydrogen) atoms. The van der Waals surface area contributed by atoms with E-state index >= 15 is 0 Å². The molecule has 0 radical (unpaired) electrons. The summed E-state index contributed by atoms with van der Waals surface area (Å²) in [4.78, 5) is 0. The average Bonchev–Trinajstić information content (AvgIpc) is 2.47. The highest BCUT2D eigenvalue weighted by atomic mass is 79.9. The fraction of sp³-hybridized carbons (Fsp3) is 0.294. The molecule has 1 atom stereocenters. The minimum Gasteiger partial charge on any atom is -0.306 e. The number of benzene rings is 2. The molecule has 1 unspecified atom stereocenters. The Morgan fingerprint density at radius 3 is 2.62 bits per heavy atom. The van der Waals surface area contributed by atoms with E-state index in [1.54, 1.807) is 12.1 Å². The number of halogens is 3. The maximum Gasteiger partial charge on any atom is 0.163 e. The molecular weight excluding hydrogens is 336 g/mol. The summed E-state index contributed by atoms with van der Waals surface area (Å²) in [7, 11) is 0. The Balaban J connectivity index is 2.47. The molecule has 0 fully saturated rings. The van der Waals surface area contributed by atoms with Crippen molar-refractivity contribution in [2.45, 2.75) is 26.3 Å². The lowest BCUT2D eigenvalue weighted by Crippen LogP contribution is -2.24. The Bertz CT molecular complexity index is 628. The molecule has 2 rings (SSSR count). The topological polar surface area (TPSA) is 12.0 Å². The van der Waals surface area contributed by atoms with Crippen LogP contribution in [-0.4, -0.2) is 6.54 Å². The summed E-state index contributed by atoms with van der Waals surface area (Å²) in [5.41, 5.74) is 2.33. The fourth-order valence-corrected chi connectivity index (χ4v) is 2.53. The van der Waals surface area contributed by atoms with Crippen LogP contribution in [0.25, 0.3) is 0 Å². The molecule has 112 valence electrons. The van der Waals surface area contributed by atoms with Gasteiger partial charge in [0.2, 0.25) is 0 Å². The van der Waals surface area contributed by atoms with Crippen molar-refractivity contribution in [1.29, 1.82) is 0 Å². The first kappa shape index (κ1) is 16.1. The normalized spacial score (nSPS) is 12.4. The molecule has 2 aromatic carbocycles. The van der Waals surface area contributed by atoms with Crippen LogP contribution < -0.4 is 5.32 Å². The molecule has 0 aliphatic heterocycles. The predicted octanol–water partition coefficient (Wildman–Crippen LogP) is 5.12. The molecule has 1 N–H and O–H groups in total. The zero-order chi connectivity index (χ0) is 15.4. The minimum atomic E-state index is -0.815. The van der Waals surface area contributed by atoms with E-state index in [2.05, 4.69) is 21.2 Å². The van der Waals surface area contributed by atoms with Gasteiger partial charge in [0.15, 0.2) is 11.6 Å². The smallest absolute Gasteiger partial charge is 0.163 e. The van der Waals surface area contributed by atoms with Gasteiger partial charge in [-0.25, -0.2) is 8.78 Å². The molecule has 0 aliphatic carbocycles. The van der Waals surface area contributed by atoms with Crippen LogP contribution in [0.1, 0.15) is 36.1 Å². The first-order valence-corrected chi connectivity index (χ1v) is 7.77. The van der Waals surface area contributed by atoms with Crippen LogP contribution in [-0.2, 0) is 0 Å². The Kier molecular flexibility index (Phi) is 5.48. The van der Waals surface area contributed by atoms with E-state index in [0.29, 0.717) is 5.56 Å². The molecule has 0 amide bonds. The second-order valence-corrected chi connectivity index (χ2v) is 5.89. The van der Waals surface area contributed by atoms with Gasteiger partial charge in [-0.2, -0.15) is 0 Å². The van der Waals surface area contributed by atoms with E-state index in [4.69, 9.17) is 0 Å². The summed E-state index contributed by atoms with van der Waals surface area (Å²) >= 11 is 3.46. The fourth-order valence-electron chi connectivity index (χ4n) is 2.29. The highest BCUT2D eigenvalue weighted by Crippen LogP contribution is 2.28. The third kappa shape index (κ3) is 3.69. The summed E-state index contributed by atoms with van der Waals surface area (Å²) in [6, 6.07) is 9.80. The Morgan fingerprint density at radius 2 is 1.95 bits per heavy atom. The number of aryl methyl sites for hydroxylation is 1. The first-order chi connectivity index (χ1) is 10.0. The van der Waals surface area contributed by atoms with Crippen LogP contribution >= 0.6 is 15.9 Å². The van der Waals surface area contributed by atoms with E-state index < -0.39 is 11.6 Å². The van der Waals surface area contributed by atoms with Crippen LogP contribution in [0.5, 0.6) is 0 Å². The average molecular weight is 354 g/mol. The third-order valence-electron chi connectivity index (χ3n) is 3.41. The molecule has 4 heteroatoms. The third-order valence-corrected chi connectivity index (χ3v) is 4.30. The predicted molar refractivity (Wildman–Crippen MR) is 85.4 cm³/mol. The van der Waals surface area contributed by atoms with E-state index in [0.717, 1.165) is 34.6 Å². The lowest BCUT2D eigenvalue weighted by molar-refractivity contribution is 0.480. The van der Waals surface area contributed by atoms with E-state index in [-0.39, 0.29) is 6.04 Å². The molecule has 2 aromatic rings. The molecule has 0 heterocycles. The maximum absolute atomic E-state index is 14.1. The van der Waals surface area contributed by atoms with Gasteiger partial charge in [-0.15, -0.1) is 0 Å². The molecular formula is C17H18BrF2N. The quantitative estimate of drug-likeness (QED) is 0.785. The van der Waals surface area contributed by atoms with Crippen molar-refractivity contribution in [3.8, 4) is 0 Å². The molecule has 0 saturated heterocycles. The van der Waals surface area contributed by atoms with Gasteiger partial charge in [0.1, 0.15) is 0 Å². The number of hydrogen-bond donors (Lipinski definition) is 1. The van der Waals surface area contributed by atoms with E-state index in [1.807, 2.05) is 32.0 Å². The number of rotatable bonds is 5. The van der Waals surface area contributed by atoms with Gasteiger partial charge >= 0.3 is 0 Å². The highest BCUT2D eigenvalue weighted by molar-refractivity contribution is 9.10. The van der Waals surface area contributed by atoms with Gasteiger partial charge in [-0.05, 0) is 43.1 Å². The zero-order valence-corrected chi connectivity index (χ0v) is 13.7. The Labute approximate surface area is 132 Å². The summed E-state index contributed by atoms with van der Waals surface area (Å²) < 4.78 is 28.6. The van der Waals surface area contributed by atoms with Gasteiger partial charge < -0.3 is 5.32 Å². The molecule has 0 aromatic heterocycles. The van der Waals surface area contributed by atoms with Gasteiger partial charge in [0.25, 0.3) is 0 Å². The monoisotopic (exact) mass is 353 g/mol. The van der Waals surface area contributed by atoms with Crippen molar-refractivity contribution in [1.82, 2.24) is 5.32 Å². The largest absolute Gasteiger partial charge is 0.306 e. The minimum absolute atomic E-state index is 0.338. The number of hydrogen-bond acceptors (Lipinski definition) is 1. The second-order valence-electron chi connectivity index (χ2n) is 5.04. The van der Waals surface area contributed by atoms with Crippen molar-refractivity contribution < 1.29 is 8.78 Å². The lowest BCUT2D eigenvalue weighted by Gasteiger charge is -2.21. The number of nitrogens with one attached hydrogen (secondary N) is 1. The second kappa shape index (κ2) is 7.14. The van der Waals surface area contributed by atoms with Crippen molar-refractivity contribution >= 4 is 15.9 Å². The van der Waals surface area contributed by atoms with Crippen LogP contribution in [0.2, 0.25) is 0 Å². The molecule has 0 bridgehead atoms. The van der Waals surface area contributed by atoms with E-state index in [1.165, 1.54) is 0 Å². The van der Waals surface area contributed by atoms with Crippen LogP contribution in [0.15, 0.2) is 40.9 Å². The van der Waals surface area contributed by atoms with Gasteiger partial charge in [0.05, 0.1) is 6.04 Å². The van der Waals surface area contributed by atoms with Crippen LogP contribution in [0.3, 0.4) is 0 Å². The zero-order valence-electron chi connectivity index (χ0n) is 12.1. The standard InChI is InChI=1S/C17H18BrF2N/c1-3-9-21-17(12-7-8-14(18)11(2)10-12)13-5-4-6-15(19)16(13)20/h4-8,10,17,21H,3,9H2,1-2H3. The Hall–Kier alpha value is -1.26. The molecule has 0 spiro atoms. The first-order valence-electron chi connectivity index (χ1n) is 6.98. The summed E-state index contributed by atoms with van der Waals surface area (Å²) in [5, 5.41) is 3.29. The lowest BCUT2D eigenvalue weighted by atomic mass is 9.96. The van der Waals surface area contributed by atoms with Crippen molar-refractivity contribution in [2.24, 2.45) is 0 Å². The van der Waals surface area contributed by atoms with Gasteiger partial charge in [-0.3, -0.25) is 0 Å². The summed E-state index contributed by atoms with van der Waals surface area (Å²) in [6.45, 7) is 4.75. The van der Waals surface area contributed by atoms with E-state index in [9.17, 15) is 8.78 Å². The molecule has 0 aliphatic rings. The van der Waals surface area contributed by atoms with Crippen molar-refractivity contribution in [3.63, 3.8) is 0 Å². The highest BCUT2D eigenvalue weighted by Gasteiger charge is 2.19. The summed E-state index contributed by atoms with van der Waals surface area (Å²) in [5.74, 6) is -1.60. The van der Waals surface area contributed by atoms with Crippen molar-refractivity contribution in [2.75, 3.05) is 6.54 Å². The van der Waals surface area contributed by atoms with Gasteiger partial charge in [-0.1, -0.05) is 47.1 Å². The Morgan fingerprint density at radius 1 is 1.19 bits per heavy atom.